The average Bonchev–Trinajstić information content (AvgIpc) is 2.72. The molecule has 2 aromatic carbocycles. The molecule has 2 amide bonds. The number of anilines is 1. The van der Waals surface area contributed by atoms with E-state index in [0.717, 1.165) is 0 Å². The highest BCUT2D eigenvalue weighted by Crippen LogP contribution is 2.30. The Morgan fingerprint density at radius 1 is 1.14 bits per heavy atom. The SMILES string of the molecule is COc1ccc(NC(=O)C2CC(=O)N(C)C(=Nc3cccc(OC)c3)S2)cc1. The zero-order valence-electron chi connectivity index (χ0n) is 15.8. The largest absolute Gasteiger partial charge is 0.497 e. The number of carbonyl (C=O) groups is 2. The van der Waals surface area contributed by atoms with Crippen molar-refractivity contribution < 1.29 is 19.1 Å². The number of amidine groups is 1. The molecule has 1 aliphatic heterocycles. The van der Waals surface area contributed by atoms with E-state index >= 15 is 0 Å². The van der Waals surface area contributed by atoms with Gasteiger partial charge in [-0.1, -0.05) is 17.8 Å². The maximum atomic E-state index is 12.7. The molecular formula is C20H21N3O4S. The summed E-state index contributed by atoms with van der Waals surface area (Å²) >= 11 is 1.26. The molecule has 1 fully saturated rings. The fraction of sp³-hybridized carbons (Fsp3) is 0.250. The van der Waals surface area contributed by atoms with E-state index in [-0.39, 0.29) is 18.2 Å². The Bertz CT molecular complexity index is 899. The number of methoxy groups -OCH3 is 2. The van der Waals surface area contributed by atoms with E-state index in [2.05, 4.69) is 10.3 Å². The average molecular weight is 399 g/mol. The zero-order valence-corrected chi connectivity index (χ0v) is 16.7. The third-order valence-corrected chi connectivity index (χ3v) is 5.44. The van der Waals surface area contributed by atoms with Crippen LogP contribution in [0.5, 0.6) is 11.5 Å². The van der Waals surface area contributed by atoms with Gasteiger partial charge in [-0.3, -0.25) is 14.5 Å². The minimum atomic E-state index is -0.560. The standard InChI is InChI=1S/C20H21N3O4S/c1-23-18(24)12-17(19(25)21-13-7-9-15(26-2)10-8-13)28-20(23)22-14-5-4-6-16(11-14)27-3/h4-11,17H,12H2,1-3H3,(H,21,25). The highest BCUT2D eigenvalue weighted by Gasteiger charge is 2.34. The van der Waals surface area contributed by atoms with Crippen LogP contribution in [0, 0.1) is 0 Å². The van der Waals surface area contributed by atoms with Crippen LogP contribution in [0.15, 0.2) is 53.5 Å². The molecule has 146 valence electrons. The summed E-state index contributed by atoms with van der Waals surface area (Å²) in [7, 11) is 4.82. The van der Waals surface area contributed by atoms with Gasteiger partial charge in [-0.2, -0.15) is 0 Å². The van der Waals surface area contributed by atoms with E-state index in [1.165, 1.54) is 16.7 Å². The number of amides is 2. The Morgan fingerprint density at radius 3 is 2.54 bits per heavy atom. The minimum Gasteiger partial charge on any atom is -0.497 e. The van der Waals surface area contributed by atoms with Crippen molar-refractivity contribution in [1.29, 1.82) is 0 Å². The molecule has 0 aliphatic carbocycles. The number of thioether (sulfide) groups is 1. The number of nitrogens with one attached hydrogen (secondary N) is 1. The van der Waals surface area contributed by atoms with Crippen molar-refractivity contribution in [1.82, 2.24) is 4.90 Å². The molecule has 7 nitrogen and oxygen atoms in total. The predicted octanol–water partition coefficient (Wildman–Crippen LogP) is 3.29. The number of nitrogens with zero attached hydrogens (tertiary/aromatic N) is 2. The molecule has 8 heteroatoms. The van der Waals surface area contributed by atoms with E-state index in [1.807, 2.05) is 18.2 Å². The third kappa shape index (κ3) is 4.64. The first-order chi connectivity index (χ1) is 13.5. The Kier molecular flexibility index (Phi) is 6.20. The van der Waals surface area contributed by atoms with Gasteiger partial charge in [0.25, 0.3) is 0 Å². The van der Waals surface area contributed by atoms with Crippen LogP contribution >= 0.6 is 11.8 Å². The number of hydrogen-bond donors (Lipinski definition) is 1. The molecule has 0 radical (unpaired) electrons. The van der Waals surface area contributed by atoms with Crippen LogP contribution in [0.2, 0.25) is 0 Å². The summed E-state index contributed by atoms with van der Waals surface area (Å²) in [5, 5.41) is 2.75. The summed E-state index contributed by atoms with van der Waals surface area (Å²) in [6.07, 6.45) is 0.111. The molecule has 2 aromatic rings. The first kappa shape index (κ1) is 19.8. The van der Waals surface area contributed by atoms with E-state index < -0.39 is 5.25 Å². The molecule has 1 saturated heterocycles. The van der Waals surface area contributed by atoms with Crippen molar-refractivity contribution in [3.8, 4) is 11.5 Å². The summed E-state index contributed by atoms with van der Waals surface area (Å²) in [5.41, 5.74) is 1.29. The van der Waals surface area contributed by atoms with Crippen LogP contribution in [0.4, 0.5) is 11.4 Å². The van der Waals surface area contributed by atoms with Crippen LogP contribution < -0.4 is 14.8 Å². The van der Waals surface area contributed by atoms with Gasteiger partial charge < -0.3 is 14.8 Å². The first-order valence-electron chi connectivity index (χ1n) is 8.61. The maximum absolute atomic E-state index is 12.7. The van der Waals surface area contributed by atoms with Crippen LogP contribution in [0.1, 0.15) is 6.42 Å². The number of hydrogen-bond acceptors (Lipinski definition) is 6. The van der Waals surface area contributed by atoms with Crippen molar-refractivity contribution in [3.63, 3.8) is 0 Å². The lowest BCUT2D eigenvalue weighted by Crippen LogP contribution is -2.43. The van der Waals surface area contributed by atoms with Gasteiger partial charge >= 0.3 is 0 Å². The Hall–Kier alpha value is -3.00. The third-order valence-electron chi connectivity index (χ3n) is 4.20. The van der Waals surface area contributed by atoms with Crippen LogP contribution in [0.3, 0.4) is 0 Å². The molecule has 0 bridgehead atoms. The number of rotatable bonds is 5. The second-order valence-electron chi connectivity index (χ2n) is 6.08. The van der Waals surface area contributed by atoms with Gasteiger partial charge in [0.1, 0.15) is 16.7 Å². The highest BCUT2D eigenvalue weighted by molar-refractivity contribution is 8.15. The lowest BCUT2D eigenvalue weighted by Gasteiger charge is -2.28. The molecule has 28 heavy (non-hydrogen) atoms. The van der Waals surface area contributed by atoms with Crippen molar-refractivity contribution in [3.05, 3.63) is 48.5 Å². The van der Waals surface area contributed by atoms with Gasteiger partial charge in [-0.25, -0.2) is 4.99 Å². The minimum absolute atomic E-state index is 0.111. The van der Waals surface area contributed by atoms with Gasteiger partial charge in [0.2, 0.25) is 11.8 Å². The lowest BCUT2D eigenvalue weighted by atomic mass is 10.2. The lowest BCUT2D eigenvalue weighted by molar-refractivity contribution is -0.128. The number of aliphatic imine (C=N–C) groups is 1. The molecule has 1 heterocycles. The van der Waals surface area contributed by atoms with Crippen molar-refractivity contribution in [2.24, 2.45) is 4.99 Å². The molecule has 1 atom stereocenters. The van der Waals surface area contributed by atoms with E-state index in [1.54, 1.807) is 51.6 Å². The van der Waals surface area contributed by atoms with Gasteiger partial charge in [-0.15, -0.1) is 0 Å². The Balaban J connectivity index is 1.75. The van der Waals surface area contributed by atoms with Crippen LogP contribution in [-0.2, 0) is 9.59 Å². The van der Waals surface area contributed by atoms with Crippen molar-refractivity contribution in [2.45, 2.75) is 11.7 Å². The fourth-order valence-corrected chi connectivity index (χ4v) is 3.65. The summed E-state index contributed by atoms with van der Waals surface area (Å²) in [6.45, 7) is 0. The molecule has 0 spiro atoms. The molecule has 0 aromatic heterocycles. The molecular weight excluding hydrogens is 378 g/mol. The van der Waals surface area contributed by atoms with Gasteiger partial charge in [0.15, 0.2) is 5.17 Å². The second kappa shape index (κ2) is 8.79. The van der Waals surface area contributed by atoms with E-state index in [9.17, 15) is 9.59 Å². The van der Waals surface area contributed by atoms with Crippen molar-refractivity contribution >= 4 is 40.1 Å². The quantitative estimate of drug-likeness (QED) is 0.835. The highest BCUT2D eigenvalue weighted by atomic mass is 32.2. The maximum Gasteiger partial charge on any atom is 0.238 e. The number of ether oxygens (including phenoxy) is 2. The van der Waals surface area contributed by atoms with E-state index in [0.29, 0.717) is 28.0 Å². The molecule has 3 rings (SSSR count). The Morgan fingerprint density at radius 2 is 1.86 bits per heavy atom. The number of carbonyl (C=O) groups excluding carboxylic acids is 2. The van der Waals surface area contributed by atoms with Crippen LogP contribution in [-0.4, -0.2) is 48.4 Å². The molecule has 1 aliphatic rings. The van der Waals surface area contributed by atoms with Gasteiger partial charge in [-0.05, 0) is 36.4 Å². The topological polar surface area (TPSA) is 80.2 Å². The smallest absolute Gasteiger partial charge is 0.238 e. The Labute approximate surface area is 167 Å². The fourth-order valence-electron chi connectivity index (χ4n) is 2.59. The summed E-state index contributed by atoms with van der Waals surface area (Å²) in [4.78, 5) is 31.0. The zero-order chi connectivity index (χ0) is 20.1. The summed E-state index contributed by atoms with van der Waals surface area (Å²) in [6, 6.07) is 14.3. The van der Waals surface area contributed by atoms with Gasteiger partial charge in [0, 0.05) is 25.2 Å². The first-order valence-corrected chi connectivity index (χ1v) is 9.49. The number of benzene rings is 2. The molecule has 1 N–H and O–H groups in total. The predicted molar refractivity (Wildman–Crippen MR) is 110 cm³/mol. The molecule has 1 unspecified atom stereocenters. The van der Waals surface area contributed by atoms with Crippen molar-refractivity contribution in [2.75, 3.05) is 26.6 Å². The second-order valence-corrected chi connectivity index (χ2v) is 7.25. The molecule has 0 saturated carbocycles. The monoisotopic (exact) mass is 399 g/mol. The normalized spacial score (nSPS) is 18.1. The summed E-state index contributed by atoms with van der Waals surface area (Å²) in [5.74, 6) is 0.977. The van der Waals surface area contributed by atoms with Gasteiger partial charge in [0.05, 0.1) is 19.9 Å². The van der Waals surface area contributed by atoms with E-state index in [4.69, 9.17) is 9.47 Å². The van der Waals surface area contributed by atoms with Crippen LogP contribution in [0.25, 0.3) is 0 Å². The summed E-state index contributed by atoms with van der Waals surface area (Å²) < 4.78 is 10.3.